The van der Waals surface area contributed by atoms with E-state index in [4.69, 9.17) is 0 Å². The highest BCUT2D eigenvalue weighted by atomic mass is 19.1. The van der Waals surface area contributed by atoms with Crippen molar-refractivity contribution in [3.8, 4) is 0 Å². The Bertz CT molecular complexity index is 533. The summed E-state index contributed by atoms with van der Waals surface area (Å²) in [5.41, 5.74) is 1.63. The molecule has 3 rings (SSSR count). The highest BCUT2D eigenvalue weighted by molar-refractivity contribution is 6.09. The molecule has 1 aliphatic carbocycles. The first kappa shape index (κ1) is 11.1. The van der Waals surface area contributed by atoms with Crippen molar-refractivity contribution in [1.82, 2.24) is 0 Å². The predicted molar refractivity (Wildman–Crippen MR) is 63.3 cm³/mol. The lowest BCUT2D eigenvalue weighted by molar-refractivity contribution is -0.110. The third-order valence-corrected chi connectivity index (χ3v) is 3.30. The molecule has 2 atom stereocenters. The van der Waals surface area contributed by atoms with Crippen LogP contribution in [0, 0.1) is 11.6 Å². The van der Waals surface area contributed by atoms with Gasteiger partial charge in [0.15, 0.2) is 0 Å². The van der Waals surface area contributed by atoms with E-state index < -0.39 is 0 Å². The Morgan fingerprint density at radius 2 is 1.00 bits per heavy atom. The second-order valence-corrected chi connectivity index (χ2v) is 4.46. The van der Waals surface area contributed by atoms with E-state index in [0.717, 1.165) is 11.1 Å². The summed E-state index contributed by atoms with van der Waals surface area (Å²) >= 11 is 0. The molecule has 90 valence electrons. The highest BCUT2D eigenvalue weighted by Gasteiger charge is 2.50. The van der Waals surface area contributed by atoms with Gasteiger partial charge in [-0.3, -0.25) is 4.79 Å². The maximum Gasteiger partial charge on any atom is 0.149 e. The quantitative estimate of drug-likeness (QED) is 0.791. The lowest BCUT2D eigenvalue weighted by atomic mass is 10.0. The number of carbonyl (C=O) groups is 1. The van der Waals surface area contributed by atoms with E-state index in [1.54, 1.807) is 24.3 Å². The Kier molecular flexibility index (Phi) is 2.47. The second-order valence-electron chi connectivity index (χ2n) is 4.46. The molecule has 0 aliphatic heterocycles. The number of benzene rings is 2. The van der Waals surface area contributed by atoms with Crippen LogP contribution < -0.4 is 0 Å². The van der Waals surface area contributed by atoms with Gasteiger partial charge in [0.1, 0.15) is 17.4 Å². The number of ketones is 1. The third-order valence-electron chi connectivity index (χ3n) is 3.30. The number of halogens is 2. The second kappa shape index (κ2) is 4.02. The van der Waals surface area contributed by atoms with Crippen LogP contribution in [0.25, 0.3) is 0 Å². The molecule has 2 unspecified atom stereocenters. The van der Waals surface area contributed by atoms with E-state index >= 15 is 0 Å². The Labute approximate surface area is 103 Å². The van der Waals surface area contributed by atoms with E-state index in [-0.39, 0.29) is 29.3 Å². The standard InChI is InChI=1S/C15H10F2O/c16-11-5-1-9(2-6-11)13-14(15(13)18)10-3-7-12(17)8-4-10/h1-8,13-14H. The van der Waals surface area contributed by atoms with Gasteiger partial charge in [0.2, 0.25) is 0 Å². The van der Waals surface area contributed by atoms with Crippen LogP contribution in [0.4, 0.5) is 8.78 Å². The summed E-state index contributed by atoms with van der Waals surface area (Å²) < 4.78 is 25.6. The molecule has 1 saturated carbocycles. The van der Waals surface area contributed by atoms with Gasteiger partial charge in [0, 0.05) is 0 Å². The van der Waals surface area contributed by atoms with Gasteiger partial charge in [-0.25, -0.2) is 8.78 Å². The minimum Gasteiger partial charge on any atom is -0.298 e. The first-order valence-electron chi connectivity index (χ1n) is 5.71. The zero-order chi connectivity index (χ0) is 12.7. The number of hydrogen-bond acceptors (Lipinski definition) is 1. The highest BCUT2D eigenvalue weighted by Crippen LogP contribution is 2.50. The van der Waals surface area contributed by atoms with Crippen molar-refractivity contribution >= 4 is 5.78 Å². The number of hydrogen-bond donors (Lipinski definition) is 0. The maximum absolute atomic E-state index is 12.8. The van der Waals surface area contributed by atoms with Crippen molar-refractivity contribution in [3.63, 3.8) is 0 Å². The molecule has 0 bridgehead atoms. The normalized spacial score (nSPS) is 22.0. The Balaban J connectivity index is 1.87. The van der Waals surface area contributed by atoms with E-state index in [2.05, 4.69) is 0 Å². The van der Waals surface area contributed by atoms with Gasteiger partial charge in [-0.1, -0.05) is 24.3 Å². The summed E-state index contributed by atoms with van der Waals surface area (Å²) in [7, 11) is 0. The molecule has 0 aromatic heterocycles. The van der Waals surface area contributed by atoms with Crippen LogP contribution >= 0.6 is 0 Å². The topological polar surface area (TPSA) is 17.1 Å². The summed E-state index contributed by atoms with van der Waals surface area (Å²) in [5, 5.41) is 0. The van der Waals surface area contributed by atoms with Gasteiger partial charge in [0.25, 0.3) is 0 Å². The molecule has 0 N–H and O–H groups in total. The molecule has 3 heteroatoms. The summed E-state index contributed by atoms with van der Waals surface area (Å²) in [5.74, 6) is -0.948. The molecule has 0 spiro atoms. The Morgan fingerprint density at radius 1 is 0.667 bits per heavy atom. The summed E-state index contributed by atoms with van der Waals surface area (Å²) in [4.78, 5) is 11.8. The third kappa shape index (κ3) is 1.82. The van der Waals surface area contributed by atoms with Crippen LogP contribution in [0.3, 0.4) is 0 Å². The molecule has 2 aromatic rings. The minimum atomic E-state index is -0.315. The molecule has 0 amide bonds. The molecular weight excluding hydrogens is 234 g/mol. The van der Waals surface area contributed by atoms with Crippen LogP contribution in [0.15, 0.2) is 48.5 Å². The first-order chi connectivity index (χ1) is 8.66. The fourth-order valence-electron chi connectivity index (χ4n) is 2.29. The minimum absolute atomic E-state index is 0.105. The van der Waals surface area contributed by atoms with E-state index in [1.807, 2.05) is 0 Å². The van der Waals surface area contributed by atoms with Gasteiger partial charge < -0.3 is 0 Å². The average Bonchev–Trinajstić information content (AvgIpc) is 3.03. The smallest absolute Gasteiger partial charge is 0.149 e. The first-order valence-corrected chi connectivity index (χ1v) is 5.71. The van der Waals surface area contributed by atoms with Crippen LogP contribution in [0.2, 0.25) is 0 Å². The molecule has 0 radical (unpaired) electrons. The molecule has 0 saturated heterocycles. The van der Waals surface area contributed by atoms with Gasteiger partial charge in [-0.15, -0.1) is 0 Å². The van der Waals surface area contributed by atoms with Crippen molar-refractivity contribution in [3.05, 3.63) is 71.3 Å². The van der Waals surface area contributed by atoms with Crippen LogP contribution in [0.5, 0.6) is 0 Å². The van der Waals surface area contributed by atoms with Crippen molar-refractivity contribution in [2.45, 2.75) is 11.8 Å². The SMILES string of the molecule is O=C1C(c2ccc(F)cc2)C1c1ccc(F)cc1. The van der Waals surface area contributed by atoms with Crippen molar-refractivity contribution in [2.75, 3.05) is 0 Å². The zero-order valence-corrected chi connectivity index (χ0v) is 9.44. The average molecular weight is 244 g/mol. The van der Waals surface area contributed by atoms with Crippen molar-refractivity contribution in [2.24, 2.45) is 0 Å². The summed E-state index contributed by atoms with van der Waals surface area (Å²) in [6.07, 6.45) is 0. The molecule has 1 nitrogen and oxygen atoms in total. The molecule has 2 aromatic carbocycles. The number of carbonyl (C=O) groups excluding carboxylic acids is 1. The molecule has 1 aliphatic rings. The number of rotatable bonds is 2. The Morgan fingerprint density at radius 3 is 1.33 bits per heavy atom. The van der Waals surface area contributed by atoms with Crippen molar-refractivity contribution < 1.29 is 13.6 Å². The predicted octanol–water partition coefficient (Wildman–Crippen LogP) is 3.41. The number of Topliss-reactive ketones (excluding diaryl/α,β-unsaturated/α-hetero) is 1. The fourth-order valence-corrected chi connectivity index (χ4v) is 2.29. The summed E-state index contributed by atoms with van der Waals surface area (Å²) in [6.45, 7) is 0. The van der Waals surface area contributed by atoms with E-state index in [1.165, 1.54) is 24.3 Å². The summed E-state index contributed by atoms with van der Waals surface area (Å²) in [6, 6.07) is 11.9. The molecule has 0 heterocycles. The van der Waals surface area contributed by atoms with E-state index in [9.17, 15) is 13.6 Å². The van der Waals surface area contributed by atoms with Gasteiger partial charge in [0.05, 0.1) is 11.8 Å². The maximum atomic E-state index is 12.8. The van der Waals surface area contributed by atoms with Crippen LogP contribution in [-0.2, 0) is 4.79 Å². The lowest BCUT2D eigenvalue weighted by Gasteiger charge is -1.99. The van der Waals surface area contributed by atoms with E-state index in [0.29, 0.717) is 0 Å². The van der Waals surface area contributed by atoms with Gasteiger partial charge in [-0.2, -0.15) is 0 Å². The van der Waals surface area contributed by atoms with Crippen LogP contribution in [-0.4, -0.2) is 5.78 Å². The largest absolute Gasteiger partial charge is 0.298 e. The van der Waals surface area contributed by atoms with Gasteiger partial charge in [-0.05, 0) is 35.4 Å². The van der Waals surface area contributed by atoms with Gasteiger partial charge >= 0.3 is 0 Å². The lowest BCUT2D eigenvalue weighted by Crippen LogP contribution is -1.85. The fraction of sp³-hybridized carbons (Fsp3) is 0.133. The monoisotopic (exact) mass is 244 g/mol. The molecular formula is C15H10F2O. The molecule has 1 fully saturated rings. The Hall–Kier alpha value is -2.03. The van der Waals surface area contributed by atoms with Crippen LogP contribution in [0.1, 0.15) is 23.0 Å². The zero-order valence-electron chi connectivity index (χ0n) is 9.44. The van der Waals surface area contributed by atoms with Crippen molar-refractivity contribution in [1.29, 1.82) is 0 Å². The molecule has 18 heavy (non-hydrogen) atoms.